The SMILES string of the molecule is CC/C=C(/Cl)c1cc(-c2cccc(NC(=O)C3CCCN3)c2)cnc1C. The Morgan fingerprint density at radius 2 is 2.23 bits per heavy atom. The number of pyridine rings is 1. The molecule has 0 spiro atoms. The van der Waals surface area contributed by atoms with Gasteiger partial charge in [-0.1, -0.05) is 36.7 Å². The highest BCUT2D eigenvalue weighted by atomic mass is 35.5. The zero-order valence-electron chi connectivity index (χ0n) is 15.2. The summed E-state index contributed by atoms with van der Waals surface area (Å²) in [7, 11) is 0. The van der Waals surface area contributed by atoms with Gasteiger partial charge < -0.3 is 10.6 Å². The topological polar surface area (TPSA) is 54.0 Å². The van der Waals surface area contributed by atoms with Crippen LogP contribution in [0.1, 0.15) is 37.4 Å². The first-order chi connectivity index (χ1) is 12.6. The number of carbonyl (C=O) groups excluding carboxylic acids is 1. The molecule has 3 rings (SSSR count). The lowest BCUT2D eigenvalue weighted by Crippen LogP contribution is -2.35. The van der Waals surface area contributed by atoms with Crippen molar-refractivity contribution < 1.29 is 4.79 Å². The number of anilines is 1. The quantitative estimate of drug-likeness (QED) is 0.800. The van der Waals surface area contributed by atoms with Gasteiger partial charge in [-0.05, 0) is 56.5 Å². The van der Waals surface area contributed by atoms with Gasteiger partial charge in [-0.25, -0.2) is 0 Å². The highest BCUT2D eigenvalue weighted by Gasteiger charge is 2.21. The molecule has 136 valence electrons. The van der Waals surface area contributed by atoms with Gasteiger partial charge in [-0.3, -0.25) is 9.78 Å². The van der Waals surface area contributed by atoms with Gasteiger partial charge >= 0.3 is 0 Å². The average Bonchev–Trinajstić information content (AvgIpc) is 3.17. The summed E-state index contributed by atoms with van der Waals surface area (Å²) < 4.78 is 0. The Morgan fingerprint density at radius 3 is 2.96 bits per heavy atom. The minimum Gasteiger partial charge on any atom is -0.325 e. The van der Waals surface area contributed by atoms with Crippen LogP contribution in [0.5, 0.6) is 0 Å². The van der Waals surface area contributed by atoms with Crippen molar-refractivity contribution in [3.8, 4) is 11.1 Å². The first-order valence-corrected chi connectivity index (χ1v) is 9.43. The molecule has 1 aromatic heterocycles. The summed E-state index contributed by atoms with van der Waals surface area (Å²) in [4.78, 5) is 16.8. The van der Waals surface area contributed by atoms with Crippen LogP contribution < -0.4 is 10.6 Å². The van der Waals surface area contributed by atoms with Gasteiger partial charge in [0.25, 0.3) is 0 Å². The van der Waals surface area contributed by atoms with E-state index in [-0.39, 0.29) is 11.9 Å². The lowest BCUT2D eigenvalue weighted by molar-refractivity contribution is -0.117. The molecule has 26 heavy (non-hydrogen) atoms. The summed E-state index contributed by atoms with van der Waals surface area (Å²) >= 11 is 6.40. The number of hydrogen-bond donors (Lipinski definition) is 2. The number of benzene rings is 1. The van der Waals surface area contributed by atoms with E-state index < -0.39 is 0 Å². The zero-order chi connectivity index (χ0) is 18.5. The Labute approximate surface area is 159 Å². The van der Waals surface area contributed by atoms with E-state index in [1.165, 1.54) is 0 Å². The minimum absolute atomic E-state index is 0.0243. The Kier molecular flexibility index (Phi) is 6.07. The maximum absolute atomic E-state index is 12.3. The maximum atomic E-state index is 12.3. The van der Waals surface area contributed by atoms with E-state index in [1.54, 1.807) is 0 Å². The fraction of sp³-hybridized carbons (Fsp3) is 0.333. The number of amides is 1. The molecule has 1 atom stereocenters. The summed E-state index contributed by atoms with van der Waals surface area (Å²) in [5.74, 6) is 0.0243. The number of rotatable bonds is 5. The van der Waals surface area contributed by atoms with Crippen LogP contribution in [0.25, 0.3) is 16.2 Å². The monoisotopic (exact) mass is 369 g/mol. The highest BCUT2D eigenvalue weighted by molar-refractivity contribution is 6.48. The normalized spacial score (nSPS) is 17.3. The van der Waals surface area contributed by atoms with E-state index in [9.17, 15) is 4.79 Å². The third kappa shape index (κ3) is 4.32. The molecule has 1 saturated heterocycles. The molecular weight excluding hydrogens is 346 g/mol. The van der Waals surface area contributed by atoms with Gasteiger partial charge in [-0.15, -0.1) is 0 Å². The number of allylic oxidation sites excluding steroid dienone is 1. The average molecular weight is 370 g/mol. The van der Waals surface area contributed by atoms with Gasteiger partial charge in [-0.2, -0.15) is 0 Å². The molecule has 2 aromatic rings. The predicted octanol–water partition coefficient (Wildman–Crippen LogP) is 4.74. The number of nitrogens with one attached hydrogen (secondary N) is 2. The van der Waals surface area contributed by atoms with Gasteiger partial charge in [0.05, 0.1) is 6.04 Å². The molecule has 0 aliphatic carbocycles. The first-order valence-electron chi connectivity index (χ1n) is 9.06. The van der Waals surface area contributed by atoms with Crippen LogP contribution in [-0.2, 0) is 4.79 Å². The lowest BCUT2D eigenvalue weighted by Gasteiger charge is -2.13. The van der Waals surface area contributed by atoms with E-state index >= 15 is 0 Å². The Balaban J connectivity index is 1.84. The number of halogens is 1. The van der Waals surface area contributed by atoms with Crippen LogP contribution in [0, 0.1) is 6.92 Å². The molecule has 5 heteroatoms. The molecule has 1 aliphatic rings. The van der Waals surface area contributed by atoms with Crippen molar-refractivity contribution in [1.82, 2.24) is 10.3 Å². The van der Waals surface area contributed by atoms with Crippen molar-refractivity contribution in [2.24, 2.45) is 0 Å². The Bertz CT molecular complexity index is 826. The van der Waals surface area contributed by atoms with Crippen molar-refractivity contribution in [2.45, 2.75) is 39.2 Å². The van der Waals surface area contributed by atoms with Crippen LogP contribution in [-0.4, -0.2) is 23.5 Å². The molecule has 1 amide bonds. The van der Waals surface area contributed by atoms with Gasteiger partial charge in [0.1, 0.15) is 0 Å². The van der Waals surface area contributed by atoms with Crippen molar-refractivity contribution in [2.75, 3.05) is 11.9 Å². The second kappa shape index (κ2) is 8.47. The molecule has 4 nitrogen and oxygen atoms in total. The zero-order valence-corrected chi connectivity index (χ0v) is 15.9. The number of hydrogen-bond acceptors (Lipinski definition) is 3. The van der Waals surface area contributed by atoms with Crippen molar-refractivity contribution in [3.63, 3.8) is 0 Å². The molecule has 1 aromatic carbocycles. The Hall–Kier alpha value is -2.17. The first kappa shape index (κ1) is 18.6. The smallest absolute Gasteiger partial charge is 0.241 e. The van der Waals surface area contributed by atoms with E-state index in [1.807, 2.05) is 43.5 Å². The lowest BCUT2D eigenvalue weighted by atomic mass is 10.0. The summed E-state index contributed by atoms with van der Waals surface area (Å²) in [6, 6.07) is 9.79. The van der Waals surface area contributed by atoms with Crippen LogP contribution in [0.3, 0.4) is 0 Å². The number of aryl methyl sites for hydroxylation is 1. The Morgan fingerprint density at radius 1 is 1.38 bits per heavy atom. The van der Waals surface area contributed by atoms with Gasteiger partial charge in [0.15, 0.2) is 0 Å². The molecule has 1 unspecified atom stereocenters. The molecule has 1 aliphatic heterocycles. The molecule has 0 bridgehead atoms. The third-order valence-electron chi connectivity index (χ3n) is 4.57. The standard InChI is InChI=1S/C21H24ClN3O/c1-3-6-19(22)18-12-16(13-24-14(18)2)15-7-4-8-17(11-15)25-21(26)20-9-5-10-23-20/h4,6-8,11-13,20,23H,3,5,9-10H2,1-2H3,(H,25,26)/b19-6+. The van der Waals surface area contributed by atoms with Gasteiger partial charge in [0, 0.05) is 33.7 Å². The maximum Gasteiger partial charge on any atom is 0.241 e. The molecule has 0 radical (unpaired) electrons. The van der Waals surface area contributed by atoms with Crippen LogP contribution in [0.2, 0.25) is 0 Å². The second-order valence-corrected chi connectivity index (χ2v) is 6.94. The fourth-order valence-corrected chi connectivity index (χ4v) is 3.48. The number of carbonyl (C=O) groups is 1. The fourth-order valence-electron chi connectivity index (χ4n) is 3.14. The summed E-state index contributed by atoms with van der Waals surface area (Å²) in [6.45, 7) is 4.92. The van der Waals surface area contributed by atoms with E-state index in [0.717, 1.165) is 58.9 Å². The van der Waals surface area contributed by atoms with E-state index in [0.29, 0.717) is 0 Å². The minimum atomic E-state index is -0.0933. The van der Waals surface area contributed by atoms with Gasteiger partial charge in [0.2, 0.25) is 5.91 Å². The van der Waals surface area contributed by atoms with E-state index in [4.69, 9.17) is 11.6 Å². The van der Waals surface area contributed by atoms with Crippen molar-refractivity contribution >= 4 is 28.2 Å². The summed E-state index contributed by atoms with van der Waals surface area (Å²) in [6.07, 6.45) is 6.63. The van der Waals surface area contributed by atoms with E-state index in [2.05, 4.69) is 28.6 Å². The number of nitrogens with zero attached hydrogens (tertiary/aromatic N) is 1. The number of aromatic nitrogens is 1. The van der Waals surface area contributed by atoms with Crippen molar-refractivity contribution in [3.05, 3.63) is 53.9 Å². The molecule has 2 heterocycles. The molecule has 0 saturated carbocycles. The van der Waals surface area contributed by atoms with Crippen molar-refractivity contribution in [1.29, 1.82) is 0 Å². The second-order valence-electron chi connectivity index (χ2n) is 6.54. The molecule has 2 N–H and O–H groups in total. The van der Waals surface area contributed by atoms with Crippen LogP contribution in [0.15, 0.2) is 42.6 Å². The largest absolute Gasteiger partial charge is 0.325 e. The predicted molar refractivity (Wildman–Crippen MR) is 108 cm³/mol. The third-order valence-corrected chi connectivity index (χ3v) is 4.93. The van der Waals surface area contributed by atoms with Crippen LogP contribution in [0.4, 0.5) is 5.69 Å². The van der Waals surface area contributed by atoms with Crippen LogP contribution >= 0.6 is 11.6 Å². The summed E-state index contributed by atoms with van der Waals surface area (Å²) in [5.41, 5.74) is 4.61. The summed E-state index contributed by atoms with van der Waals surface area (Å²) in [5, 5.41) is 6.94. The highest BCUT2D eigenvalue weighted by Crippen LogP contribution is 2.29. The molecule has 1 fully saturated rings. The molecular formula is C21H24ClN3O.